The van der Waals surface area contributed by atoms with E-state index in [0.29, 0.717) is 11.8 Å². The Morgan fingerprint density at radius 1 is 1.14 bits per heavy atom. The molecule has 0 aromatic rings. The van der Waals surface area contributed by atoms with Gasteiger partial charge in [0.05, 0.1) is 6.04 Å². The summed E-state index contributed by atoms with van der Waals surface area (Å²) >= 11 is 0. The molecule has 0 aromatic carbocycles. The molecule has 0 radical (unpaired) electrons. The molecule has 2 saturated heterocycles. The van der Waals surface area contributed by atoms with E-state index in [2.05, 4.69) is 9.80 Å². The minimum atomic E-state index is 0.212. The molecule has 1 saturated carbocycles. The van der Waals surface area contributed by atoms with E-state index >= 15 is 0 Å². The smallest absolute Gasteiger partial charge is 0.148 e. The predicted octanol–water partition coefficient (Wildman–Crippen LogP) is 0.496. The zero-order valence-electron chi connectivity index (χ0n) is 8.78. The number of Topliss-reactive ketones (excluding diaryl/α,β-unsaturated/α-hetero) is 1. The average molecular weight is 194 g/mol. The second kappa shape index (κ2) is 3.04. The molecule has 2 bridgehead atoms. The maximum atomic E-state index is 11.6. The molecule has 3 nitrogen and oxygen atoms in total. The average Bonchev–Trinajstić information content (AvgIpc) is 2.90. The van der Waals surface area contributed by atoms with Gasteiger partial charge in [-0.25, -0.2) is 0 Å². The highest BCUT2D eigenvalue weighted by molar-refractivity contribution is 5.82. The van der Waals surface area contributed by atoms with Crippen LogP contribution in [0, 0.1) is 0 Å². The molecule has 0 spiro atoms. The number of hydrogen-bond donors (Lipinski definition) is 0. The Bertz CT molecular complexity index is 262. The zero-order chi connectivity index (χ0) is 9.71. The van der Waals surface area contributed by atoms with Crippen LogP contribution in [0.15, 0.2) is 0 Å². The van der Waals surface area contributed by atoms with Crippen molar-refractivity contribution in [2.24, 2.45) is 0 Å². The van der Waals surface area contributed by atoms with Gasteiger partial charge in [-0.2, -0.15) is 0 Å². The lowest BCUT2D eigenvalue weighted by atomic mass is 10.1. The molecule has 3 rings (SSSR count). The topological polar surface area (TPSA) is 23.6 Å². The maximum Gasteiger partial charge on any atom is 0.148 e. The minimum absolute atomic E-state index is 0.212. The third kappa shape index (κ3) is 1.30. The van der Waals surface area contributed by atoms with Crippen LogP contribution in [-0.2, 0) is 4.79 Å². The van der Waals surface area contributed by atoms with E-state index in [0.717, 1.165) is 12.6 Å². The first-order valence-corrected chi connectivity index (χ1v) is 5.76. The highest BCUT2D eigenvalue weighted by Crippen LogP contribution is 2.36. The van der Waals surface area contributed by atoms with E-state index in [1.165, 1.54) is 32.4 Å². The van der Waals surface area contributed by atoms with Gasteiger partial charge in [0.1, 0.15) is 5.78 Å². The Morgan fingerprint density at radius 2 is 1.93 bits per heavy atom. The fourth-order valence-electron chi connectivity index (χ4n) is 3.08. The lowest BCUT2D eigenvalue weighted by Crippen LogP contribution is -2.57. The van der Waals surface area contributed by atoms with Crippen molar-refractivity contribution in [3.8, 4) is 0 Å². The number of carbonyl (C=O) groups is 1. The van der Waals surface area contributed by atoms with Gasteiger partial charge in [0, 0.05) is 25.2 Å². The van der Waals surface area contributed by atoms with Gasteiger partial charge >= 0.3 is 0 Å². The van der Waals surface area contributed by atoms with Crippen molar-refractivity contribution in [3.63, 3.8) is 0 Å². The van der Waals surface area contributed by atoms with Crippen molar-refractivity contribution >= 4 is 5.78 Å². The van der Waals surface area contributed by atoms with Gasteiger partial charge < -0.3 is 0 Å². The second-order valence-electron chi connectivity index (χ2n) is 5.01. The molecule has 78 valence electrons. The predicted molar refractivity (Wildman–Crippen MR) is 54.2 cm³/mol. The molecule has 3 unspecified atom stereocenters. The maximum absolute atomic E-state index is 11.6. The molecule has 0 amide bonds. The Labute approximate surface area is 85.1 Å². The lowest BCUT2D eigenvalue weighted by Gasteiger charge is -2.40. The molecule has 2 heterocycles. The van der Waals surface area contributed by atoms with E-state index in [1.54, 1.807) is 6.92 Å². The SMILES string of the molecule is CC(=O)C1CN2CCC(C2)N1C1CC1. The van der Waals surface area contributed by atoms with Crippen LogP contribution in [-0.4, -0.2) is 53.3 Å². The molecule has 0 N–H and O–H groups in total. The summed E-state index contributed by atoms with van der Waals surface area (Å²) in [5.41, 5.74) is 0. The molecule has 3 aliphatic rings. The van der Waals surface area contributed by atoms with Gasteiger partial charge in [-0.3, -0.25) is 14.6 Å². The van der Waals surface area contributed by atoms with Crippen LogP contribution in [0.5, 0.6) is 0 Å². The van der Waals surface area contributed by atoms with Crippen LogP contribution in [0.1, 0.15) is 26.2 Å². The first kappa shape index (κ1) is 8.86. The quantitative estimate of drug-likeness (QED) is 0.639. The molecule has 3 heteroatoms. The molecule has 3 fully saturated rings. The van der Waals surface area contributed by atoms with E-state index in [9.17, 15) is 4.79 Å². The number of piperazine rings is 1. The third-order valence-electron chi connectivity index (χ3n) is 3.90. The standard InChI is InChI=1S/C11H18N2O/c1-8(14)11-7-12-5-4-10(6-12)13(11)9-2-3-9/h9-11H,2-7H2,1H3. The first-order valence-electron chi connectivity index (χ1n) is 5.76. The Morgan fingerprint density at radius 3 is 2.57 bits per heavy atom. The molecule has 3 atom stereocenters. The minimum Gasteiger partial charge on any atom is -0.300 e. The van der Waals surface area contributed by atoms with Crippen LogP contribution in [0.4, 0.5) is 0 Å². The third-order valence-corrected chi connectivity index (χ3v) is 3.90. The van der Waals surface area contributed by atoms with Gasteiger partial charge in [0.15, 0.2) is 0 Å². The number of hydrogen-bond acceptors (Lipinski definition) is 3. The van der Waals surface area contributed by atoms with Gasteiger partial charge in [-0.05, 0) is 32.7 Å². The lowest BCUT2D eigenvalue weighted by molar-refractivity contribution is -0.125. The van der Waals surface area contributed by atoms with Gasteiger partial charge in [0.25, 0.3) is 0 Å². The van der Waals surface area contributed by atoms with Crippen molar-refractivity contribution in [1.82, 2.24) is 9.80 Å². The van der Waals surface area contributed by atoms with Gasteiger partial charge in [-0.1, -0.05) is 0 Å². The summed E-state index contributed by atoms with van der Waals surface area (Å²) in [4.78, 5) is 16.6. The molecule has 1 aliphatic carbocycles. The summed E-state index contributed by atoms with van der Waals surface area (Å²) in [6, 6.07) is 1.64. The number of fused-ring (bicyclic) bond motifs is 2. The summed E-state index contributed by atoms with van der Waals surface area (Å²) in [6.07, 6.45) is 3.92. The molecule has 2 aliphatic heterocycles. The van der Waals surface area contributed by atoms with Crippen LogP contribution >= 0.6 is 0 Å². The van der Waals surface area contributed by atoms with Crippen LogP contribution in [0.2, 0.25) is 0 Å². The normalized spacial score (nSPS) is 42.8. The fourth-order valence-corrected chi connectivity index (χ4v) is 3.08. The van der Waals surface area contributed by atoms with E-state index in [4.69, 9.17) is 0 Å². The Balaban J connectivity index is 1.84. The number of rotatable bonds is 2. The number of ketones is 1. The second-order valence-corrected chi connectivity index (χ2v) is 5.01. The molecular formula is C11H18N2O. The van der Waals surface area contributed by atoms with Crippen LogP contribution < -0.4 is 0 Å². The van der Waals surface area contributed by atoms with Crippen molar-refractivity contribution in [1.29, 1.82) is 0 Å². The van der Waals surface area contributed by atoms with Crippen molar-refractivity contribution in [2.75, 3.05) is 19.6 Å². The summed E-state index contributed by atoms with van der Waals surface area (Å²) in [5.74, 6) is 0.369. The van der Waals surface area contributed by atoms with E-state index < -0.39 is 0 Å². The van der Waals surface area contributed by atoms with Crippen molar-refractivity contribution in [2.45, 2.75) is 44.3 Å². The Hall–Kier alpha value is -0.410. The number of carbonyl (C=O) groups excluding carboxylic acids is 1. The summed E-state index contributed by atoms with van der Waals surface area (Å²) < 4.78 is 0. The summed E-state index contributed by atoms with van der Waals surface area (Å²) in [6.45, 7) is 5.16. The van der Waals surface area contributed by atoms with Crippen molar-refractivity contribution < 1.29 is 4.79 Å². The van der Waals surface area contributed by atoms with E-state index in [-0.39, 0.29) is 6.04 Å². The highest BCUT2D eigenvalue weighted by atomic mass is 16.1. The zero-order valence-corrected chi connectivity index (χ0v) is 8.78. The van der Waals surface area contributed by atoms with Gasteiger partial charge in [0.2, 0.25) is 0 Å². The largest absolute Gasteiger partial charge is 0.300 e. The van der Waals surface area contributed by atoms with Crippen LogP contribution in [0.3, 0.4) is 0 Å². The van der Waals surface area contributed by atoms with E-state index in [1.807, 2.05) is 0 Å². The molecular weight excluding hydrogens is 176 g/mol. The fraction of sp³-hybridized carbons (Fsp3) is 0.909. The van der Waals surface area contributed by atoms with Crippen molar-refractivity contribution in [3.05, 3.63) is 0 Å². The monoisotopic (exact) mass is 194 g/mol. The summed E-state index contributed by atoms with van der Waals surface area (Å²) in [5, 5.41) is 0. The summed E-state index contributed by atoms with van der Waals surface area (Å²) in [7, 11) is 0. The van der Waals surface area contributed by atoms with Crippen LogP contribution in [0.25, 0.3) is 0 Å². The highest BCUT2D eigenvalue weighted by Gasteiger charge is 2.46. The Kier molecular flexibility index (Phi) is 1.92. The molecule has 0 aromatic heterocycles. The molecule has 14 heavy (non-hydrogen) atoms. The first-order chi connectivity index (χ1) is 6.75. The van der Waals surface area contributed by atoms with Gasteiger partial charge in [-0.15, -0.1) is 0 Å². The number of nitrogens with zero attached hydrogens (tertiary/aromatic N) is 2.